The van der Waals surface area contributed by atoms with Crippen molar-refractivity contribution in [2.75, 3.05) is 6.61 Å². The number of rotatable bonds is 6. The molecule has 1 aromatic heterocycles. The fourth-order valence-electron chi connectivity index (χ4n) is 5.01. The Bertz CT molecular complexity index is 1240. The van der Waals surface area contributed by atoms with Gasteiger partial charge in [0.15, 0.2) is 0 Å². The van der Waals surface area contributed by atoms with Crippen molar-refractivity contribution in [3.8, 4) is 11.1 Å². The predicted molar refractivity (Wildman–Crippen MR) is 127 cm³/mol. The normalized spacial score (nSPS) is 17.2. The number of carboxylic acid groups (broad SMARTS) is 1. The summed E-state index contributed by atoms with van der Waals surface area (Å²) < 4.78 is 5.57. The first-order chi connectivity index (χ1) is 17.0. The Morgan fingerprint density at radius 1 is 1.14 bits per heavy atom. The van der Waals surface area contributed by atoms with E-state index in [-0.39, 0.29) is 25.5 Å². The van der Waals surface area contributed by atoms with Gasteiger partial charge in [-0.2, -0.15) is 0 Å². The first-order valence-corrected chi connectivity index (χ1v) is 11.6. The van der Waals surface area contributed by atoms with Crippen LogP contribution in [0, 0.1) is 0 Å². The number of aliphatic carboxylic acids is 1. The minimum atomic E-state index is -1.11. The Balaban J connectivity index is 1.26. The number of fused-ring (bicyclic) bond motifs is 4. The summed E-state index contributed by atoms with van der Waals surface area (Å²) in [5, 5.41) is 12.3. The number of hydrogen-bond donors (Lipinski definition) is 3. The fourth-order valence-corrected chi connectivity index (χ4v) is 5.01. The zero-order chi connectivity index (χ0) is 24.5. The first-order valence-electron chi connectivity index (χ1n) is 11.6. The number of imidazole rings is 1. The Morgan fingerprint density at radius 2 is 1.80 bits per heavy atom. The van der Waals surface area contributed by atoms with Crippen LogP contribution in [-0.4, -0.2) is 56.6 Å². The largest absolute Gasteiger partial charge is 0.480 e. The van der Waals surface area contributed by atoms with E-state index < -0.39 is 30.1 Å². The Labute approximate surface area is 202 Å². The number of carboxylic acids is 1. The molecule has 2 atom stereocenters. The average Bonchev–Trinajstić information content (AvgIpc) is 3.46. The maximum absolute atomic E-state index is 13.3. The van der Waals surface area contributed by atoms with Gasteiger partial charge < -0.3 is 25.0 Å². The third-order valence-electron chi connectivity index (χ3n) is 6.81. The number of carbonyl (C=O) groups is 3. The quantitative estimate of drug-likeness (QED) is 0.504. The second-order valence-corrected chi connectivity index (χ2v) is 8.78. The Hall–Kier alpha value is -4.14. The highest BCUT2D eigenvalue weighted by Gasteiger charge is 2.39. The van der Waals surface area contributed by atoms with Crippen molar-refractivity contribution in [1.82, 2.24) is 20.2 Å². The van der Waals surface area contributed by atoms with Crippen molar-refractivity contribution in [2.24, 2.45) is 0 Å². The van der Waals surface area contributed by atoms with Crippen LogP contribution in [0.4, 0.5) is 4.79 Å². The standard InChI is InChI=1S/C26H26N4O5/c1-2-20(24(31)30-12-22-21(27-14-28-22)11-23(30)25(32)33)29-26(34)35-13-19-17-9-5-3-7-15(17)16-8-4-6-10-18(16)19/h3-10,14,19-20,23H,2,11-13H2,1H3,(H,27,28)(H,29,34)(H,32,33)/t20-,23?/m1/s1. The molecule has 5 rings (SSSR count). The van der Waals surface area contributed by atoms with Gasteiger partial charge in [-0.1, -0.05) is 55.5 Å². The molecule has 0 spiro atoms. The van der Waals surface area contributed by atoms with Gasteiger partial charge in [-0.15, -0.1) is 0 Å². The van der Waals surface area contributed by atoms with Crippen molar-refractivity contribution >= 4 is 18.0 Å². The topological polar surface area (TPSA) is 125 Å². The smallest absolute Gasteiger partial charge is 0.407 e. The molecule has 180 valence electrons. The number of aromatic nitrogens is 2. The molecular formula is C26H26N4O5. The number of carbonyl (C=O) groups excluding carboxylic acids is 2. The third-order valence-corrected chi connectivity index (χ3v) is 6.81. The zero-order valence-corrected chi connectivity index (χ0v) is 19.2. The summed E-state index contributed by atoms with van der Waals surface area (Å²) in [5.41, 5.74) is 5.78. The zero-order valence-electron chi connectivity index (χ0n) is 19.2. The molecule has 2 heterocycles. The van der Waals surface area contributed by atoms with E-state index in [1.807, 2.05) is 36.4 Å². The minimum absolute atomic E-state index is 0.0913. The molecular weight excluding hydrogens is 448 g/mol. The van der Waals surface area contributed by atoms with Crippen LogP contribution in [-0.2, 0) is 27.3 Å². The van der Waals surface area contributed by atoms with Crippen molar-refractivity contribution in [2.45, 2.75) is 44.3 Å². The van der Waals surface area contributed by atoms with Gasteiger partial charge in [-0.05, 0) is 28.7 Å². The van der Waals surface area contributed by atoms with Gasteiger partial charge in [-0.25, -0.2) is 14.6 Å². The molecule has 1 unspecified atom stereocenters. The highest BCUT2D eigenvalue weighted by molar-refractivity contribution is 5.89. The second-order valence-electron chi connectivity index (χ2n) is 8.78. The van der Waals surface area contributed by atoms with Crippen LogP contribution in [0.15, 0.2) is 54.9 Å². The molecule has 9 nitrogen and oxygen atoms in total. The Kier molecular flexibility index (Phi) is 5.98. The van der Waals surface area contributed by atoms with Gasteiger partial charge in [0.05, 0.1) is 24.3 Å². The molecule has 2 aliphatic rings. The van der Waals surface area contributed by atoms with Crippen molar-refractivity contribution in [3.63, 3.8) is 0 Å². The molecule has 2 aromatic carbocycles. The number of aromatic amines is 1. The molecule has 2 amide bonds. The third kappa shape index (κ3) is 4.14. The molecule has 0 bridgehead atoms. The van der Waals surface area contributed by atoms with E-state index in [0.29, 0.717) is 17.8 Å². The lowest BCUT2D eigenvalue weighted by Crippen LogP contribution is -2.55. The van der Waals surface area contributed by atoms with Crippen LogP contribution >= 0.6 is 0 Å². The Morgan fingerprint density at radius 3 is 2.43 bits per heavy atom. The lowest BCUT2D eigenvalue weighted by Gasteiger charge is -2.34. The van der Waals surface area contributed by atoms with Gasteiger partial charge in [0.25, 0.3) is 0 Å². The van der Waals surface area contributed by atoms with Crippen LogP contribution in [0.5, 0.6) is 0 Å². The molecule has 3 aromatic rings. The number of amides is 2. The fraction of sp³-hybridized carbons (Fsp3) is 0.308. The van der Waals surface area contributed by atoms with Crippen LogP contribution in [0.1, 0.15) is 41.8 Å². The molecule has 9 heteroatoms. The van der Waals surface area contributed by atoms with Gasteiger partial charge in [0.1, 0.15) is 18.7 Å². The molecule has 0 saturated heterocycles. The van der Waals surface area contributed by atoms with Crippen LogP contribution in [0.2, 0.25) is 0 Å². The van der Waals surface area contributed by atoms with Gasteiger partial charge in [-0.3, -0.25) is 4.79 Å². The first kappa shape index (κ1) is 22.6. The highest BCUT2D eigenvalue weighted by atomic mass is 16.5. The maximum Gasteiger partial charge on any atom is 0.407 e. The number of alkyl carbamates (subject to hydrolysis) is 1. The van der Waals surface area contributed by atoms with Crippen molar-refractivity contribution in [1.29, 1.82) is 0 Å². The summed E-state index contributed by atoms with van der Waals surface area (Å²) in [6.45, 7) is 1.98. The van der Waals surface area contributed by atoms with Gasteiger partial charge in [0, 0.05) is 12.3 Å². The molecule has 1 aliphatic carbocycles. The van der Waals surface area contributed by atoms with E-state index in [1.54, 1.807) is 6.92 Å². The minimum Gasteiger partial charge on any atom is -0.480 e. The molecule has 0 radical (unpaired) electrons. The summed E-state index contributed by atoms with van der Waals surface area (Å²) in [6.07, 6.45) is 1.19. The van der Waals surface area contributed by atoms with E-state index in [0.717, 1.165) is 22.3 Å². The van der Waals surface area contributed by atoms with E-state index in [9.17, 15) is 19.5 Å². The molecule has 1 aliphatic heterocycles. The summed E-state index contributed by atoms with van der Waals surface area (Å²) in [6, 6.07) is 14.1. The SMILES string of the molecule is CC[C@@H](NC(=O)OCC1c2ccccc2-c2ccccc21)C(=O)N1Cc2[nH]cnc2CC1C(=O)O. The predicted octanol–water partition coefficient (Wildman–Crippen LogP) is 3.06. The number of ether oxygens (including phenoxy) is 1. The van der Waals surface area contributed by atoms with Gasteiger partial charge in [0.2, 0.25) is 5.91 Å². The molecule has 0 saturated carbocycles. The summed E-state index contributed by atoms with van der Waals surface area (Å²) in [7, 11) is 0. The number of hydrogen-bond acceptors (Lipinski definition) is 5. The molecule has 3 N–H and O–H groups in total. The number of H-pyrrole nitrogens is 1. The monoisotopic (exact) mass is 474 g/mol. The van der Waals surface area contributed by atoms with Crippen LogP contribution < -0.4 is 5.32 Å². The number of nitrogens with zero attached hydrogens (tertiary/aromatic N) is 2. The van der Waals surface area contributed by atoms with Crippen molar-refractivity contribution < 1.29 is 24.2 Å². The summed E-state index contributed by atoms with van der Waals surface area (Å²) in [5.74, 6) is -1.67. The van der Waals surface area contributed by atoms with Gasteiger partial charge >= 0.3 is 12.1 Å². The molecule has 0 fully saturated rings. The second kappa shape index (κ2) is 9.25. The number of benzene rings is 2. The summed E-state index contributed by atoms with van der Waals surface area (Å²) >= 11 is 0. The van der Waals surface area contributed by atoms with Crippen LogP contribution in [0.25, 0.3) is 11.1 Å². The van der Waals surface area contributed by atoms with E-state index in [1.165, 1.54) is 11.2 Å². The van der Waals surface area contributed by atoms with Crippen LogP contribution in [0.3, 0.4) is 0 Å². The van der Waals surface area contributed by atoms with E-state index in [4.69, 9.17) is 4.74 Å². The lowest BCUT2D eigenvalue weighted by atomic mass is 9.98. The summed E-state index contributed by atoms with van der Waals surface area (Å²) in [4.78, 5) is 46.2. The van der Waals surface area contributed by atoms with Crippen molar-refractivity contribution in [3.05, 3.63) is 77.4 Å². The highest BCUT2D eigenvalue weighted by Crippen LogP contribution is 2.44. The van der Waals surface area contributed by atoms with E-state index in [2.05, 4.69) is 27.4 Å². The average molecular weight is 475 g/mol. The lowest BCUT2D eigenvalue weighted by molar-refractivity contribution is -0.152. The van der Waals surface area contributed by atoms with E-state index >= 15 is 0 Å². The maximum atomic E-state index is 13.3. The number of nitrogens with one attached hydrogen (secondary N) is 2. The molecule has 35 heavy (non-hydrogen) atoms.